The number of rotatable bonds is 6. The molecule has 18 heavy (non-hydrogen) atoms. The highest BCUT2D eigenvalue weighted by atomic mass is 16.5. The Morgan fingerprint density at radius 1 is 1.56 bits per heavy atom. The van der Waals surface area contributed by atoms with Crippen LogP contribution in [0.5, 0.6) is 0 Å². The van der Waals surface area contributed by atoms with Crippen molar-refractivity contribution in [3.63, 3.8) is 0 Å². The van der Waals surface area contributed by atoms with E-state index in [-0.39, 0.29) is 17.6 Å². The van der Waals surface area contributed by atoms with E-state index in [2.05, 4.69) is 15.3 Å². The minimum absolute atomic E-state index is 0.115. The van der Waals surface area contributed by atoms with Gasteiger partial charge < -0.3 is 15.0 Å². The topological polar surface area (TPSA) is 67.0 Å². The van der Waals surface area contributed by atoms with Crippen LogP contribution in [-0.4, -0.2) is 23.1 Å². The second-order valence-electron chi connectivity index (χ2n) is 5.18. The maximum absolute atomic E-state index is 11.6. The highest BCUT2D eigenvalue weighted by Gasteiger charge is 2.21. The summed E-state index contributed by atoms with van der Waals surface area (Å²) in [6, 6.07) is 2.16. The van der Waals surface area contributed by atoms with Gasteiger partial charge in [-0.2, -0.15) is 0 Å². The first-order valence-electron chi connectivity index (χ1n) is 6.46. The molecule has 1 atom stereocenters. The van der Waals surface area contributed by atoms with E-state index in [1.807, 2.05) is 13.8 Å². The van der Waals surface area contributed by atoms with Crippen molar-refractivity contribution in [2.45, 2.75) is 45.4 Å². The van der Waals surface area contributed by atoms with Crippen LogP contribution < -0.4 is 10.9 Å². The van der Waals surface area contributed by atoms with Gasteiger partial charge in [-0.1, -0.05) is 13.8 Å². The monoisotopic (exact) mass is 251 g/mol. The number of aromatic amines is 1. The molecule has 1 aromatic heterocycles. The number of nitrogens with zero attached hydrogens (tertiary/aromatic N) is 1. The standard InChI is InChI=1S/C13H21N3O2/c1-8(2)12(18-3)13-15-10(6-11(17)16-13)7-14-9-4-5-9/h6,8-9,12,14H,4-5,7H2,1-3H3,(H,15,16,17). The van der Waals surface area contributed by atoms with E-state index in [1.54, 1.807) is 13.2 Å². The summed E-state index contributed by atoms with van der Waals surface area (Å²) in [4.78, 5) is 18.9. The molecule has 0 bridgehead atoms. The molecule has 0 aromatic carbocycles. The van der Waals surface area contributed by atoms with Crippen molar-refractivity contribution in [1.82, 2.24) is 15.3 Å². The number of nitrogens with one attached hydrogen (secondary N) is 2. The molecule has 1 fully saturated rings. The molecule has 1 aromatic rings. The van der Waals surface area contributed by atoms with Gasteiger partial charge in [0, 0.05) is 25.8 Å². The summed E-state index contributed by atoms with van der Waals surface area (Å²) in [5.41, 5.74) is 0.665. The maximum atomic E-state index is 11.6. The molecule has 5 nitrogen and oxygen atoms in total. The zero-order chi connectivity index (χ0) is 13.1. The lowest BCUT2D eigenvalue weighted by Crippen LogP contribution is -2.23. The van der Waals surface area contributed by atoms with Crippen molar-refractivity contribution in [3.05, 3.63) is 27.9 Å². The van der Waals surface area contributed by atoms with Gasteiger partial charge in [-0.25, -0.2) is 4.98 Å². The van der Waals surface area contributed by atoms with Crippen LogP contribution in [0.2, 0.25) is 0 Å². The zero-order valence-electron chi connectivity index (χ0n) is 11.2. The maximum Gasteiger partial charge on any atom is 0.251 e. The number of H-pyrrole nitrogens is 1. The van der Waals surface area contributed by atoms with Gasteiger partial charge in [-0.05, 0) is 18.8 Å². The number of hydrogen-bond donors (Lipinski definition) is 2. The minimum Gasteiger partial charge on any atom is -0.373 e. The van der Waals surface area contributed by atoms with Crippen LogP contribution in [0.15, 0.2) is 10.9 Å². The Morgan fingerprint density at radius 2 is 2.28 bits per heavy atom. The van der Waals surface area contributed by atoms with Crippen LogP contribution in [-0.2, 0) is 11.3 Å². The van der Waals surface area contributed by atoms with E-state index in [4.69, 9.17) is 4.74 Å². The lowest BCUT2D eigenvalue weighted by atomic mass is 10.1. The first-order chi connectivity index (χ1) is 8.60. The minimum atomic E-state index is -0.168. The predicted molar refractivity (Wildman–Crippen MR) is 69.3 cm³/mol. The van der Waals surface area contributed by atoms with Crippen LogP contribution in [0.25, 0.3) is 0 Å². The van der Waals surface area contributed by atoms with Crippen molar-refractivity contribution in [2.24, 2.45) is 5.92 Å². The van der Waals surface area contributed by atoms with Crippen LogP contribution in [0.4, 0.5) is 0 Å². The third-order valence-corrected chi connectivity index (χ3v) is 3.09. The molecule has 0 amide bonds. The Hall–Kier alpha value is -1.20. The van der Waals surface area contributed by atoms with Crippen LogP contribution >= 0.6 is 0 Å². The largest absolute Gasteiger partial charge is 0.373 e. The smallest absolute Gasteiger partial charge is 0.251 e. The van der Waals surface area contributed by atoms with Gasteiger partial charge in [0.15, 0.2) is 0 Å². The quantitative estimate of drug-likeness (QED) is 0.801. The van der Waals surface area contributed by atoms with Gasteiger partial charge in [0.1, 0.15) is 11.9 Å². The average molecular weight is 251 g/mol. The Kier molecular flexibility index (Phi) is 4.14. The molecule has 1 unspecified atom stereocenters. The Morgan fingerprint density at radius 3 is 2.83 bits per heavy atom. The molecule has 2 N–H and O–H groups in total. The third-order valence-electron chi connectivity index (χ3n) is 3.09. The number of methoxy groups -OCH3 is 1. The second kappa shape index (κ2) is 5.63. The highest BCUT2D eigenvalue weighted by Crippen LogP contribution is 2.21. The van der Waals surface area contributed by atoms with Gasteiger partial charge in [-0.3, -0.25) is 4.79 Å². The van der Waals surface area contributed by atoms with E-state index in [0.717, 1.165) is 5.69 Å². The fourth-order valence-corrected chi connectivity index (χ4v) is 1.99. The normalized spacial score (nSPS) is 17.1. The lowest BCUT2D eigenvalue weighted by molar-refractivity contribution is 0.0570. The summed E-state index contributed by atoms with van der Waals surface area (Å²) < 4.78 is 5.39. The van der Waals surface area contributed by atoms with Gasteiger partial charge in [0.25, 0.3) is 5.56 Å². The summed E-state index contributed by atoms with van der Waals surface area (Å²) in [5.74, 6) is 0.886. The summed E-state index contributed by atoms with van der Waals surface area (Å²) in [6.45, 7) is 4.74. The Bertz CT molecular complexity index is 452. The van der Waals surface area contributed by atoms with Crippen molar-refractivity contribution < 1.29 is 4.74 Å². The Labute approximate surface area is 107 Å². The lowest BCUT2D eigenvalue weighted by Gasteiger charge is -2.18. The third kappa shape index (κ3) is 3.40. The van der Waals surface area contributed by atoms with Gasteiger partial charge >= 0.3 is 0 Å². The van der Waals surface area contributed by atoms with Crippen molar-refractivity contribution in [3.8, 4) is 0 Å². The fraction of sp³-hybridized carbons (Fsp3) is 0.692. The first-order valence-corrected chi connectivity index (χ1v) is 6.46. The number of aromatic nitrogens is 2. The van der Waals surface area contributed by atoms with E-state index >= 15 is 0 Å². The van der Waals surface area contributed by atoms with Gasteiger partial charge in [0.2, 0.25) is 0 Å². The Balaban J connectivity index is 2.15. The molecule has 2 rings (SSSR count). The molecule has 1 aliphatic rings. The first kappa shape index (κ1) is 13.2. The molecule has 0 saturated heterocycles. The number of ether oxygens (including phenoxy) is 1. The average Bonchev–Trinajstić information content (AvgIpc) is 3.10. The summed E-state index contributed by atoms with van der Waals surface area (Å²) in [7, 11) is 1.64. The second-order valence-corrected chi connectivity index (χ2v) is 5.18. The van der Waals surface area contributed by atoms with E-state index in [0.29, 0.717) is 18.4 Å². The van der Waals surface area contributed by atoms with Gasteiger partial charge in [0.05, 0.1) is 5.69 Å². The highest BCUT2D eigenvalue weighted by molar-refractivity contribution is 5.05. The molecule has 0 aliphatic heterocycles. The molecule has 1 heterocycles. The SMILES string of the molecule is COC(c1nc(CNC2CC2)cc(=O)[nH]1)C(C)C. The summed E-state index contributed by atoms with van der Waals surface area (Å²) in [6.07, 6.45) is 2.28. The van der Waals surface area contributed by atoms with Gasteiger partial charge in [-0.15, -0.1) is 0 Å². The molecule has 100 valence electrons. The fourth-order valence-electron chi connectivity index (χ4n) is 1.99. The predicted octanol–water partition coefficient (Wildman–Crippen LogP) is 1.37. The molecular formula is C13H21N3O2. The van der Waals surface area contributed by atoms with E-state index in [1.165, 1.54) is 12.8 Å². The van der Waals surface area contributed by atoms with Crippen molar-refractivity contribution >= 4 is 0 Å². The molecule has 1 saturated carbocycles. The van der Waals surface area contributed by atoms with Crippen LogP contribution in [0.1, 0.15) is 44.3 Å². The molecule has 1 aliphatic carbocycles. The number of hydrogen-bond acceptors (Lipinski definition) is 4. The van der Waals surface area contributed by atoms with Crippen molar-refractivity contribution in [1.29, 1.82) is 0 Å². The van der Waals surface area contributed by atoms with Crippen LogP contribution in [0.3, 0.4) is 0 Å². The van der Waals surface area contributed by atoms with E-state index in [9.17, 15) is 4.79 Å². The van der Waals surface area contributed by atoms with E-state index < -0.39 is 0 Å². The summed E-state index contributed by atoms with van der Waals surface area (Å²) >= 11 is 0. The molecule has 0 radical (unpaired) electrons. The van der Waals surface area contributed by atoms with Crippen LogP contribution in [0, 0.1) is 5.92 Å². The zero-order valence-corrected chi connectivity index (χ0v) is 11.2. The van der Waals surface area contributed by atoms with Crippen molar-refractivity contribution in [2.75, 3.05) is 7.11 Å². The molecule has 5 heteroatoms. The summed E-state index contributed by atoms with van der Waals surface area (Å²) in [5, 5.41) is 3.36. The molecule has 0 spiro atoms. The molecular weight excluding hydrogens is 230 g/mol.